The summed E-state index contributed by atoms with van der Waals surface area (Å²) in [4.78, 5) is 31.4. The number of H-pyrrole nitrogens is 1. The molecule has 2 aromatic heterocycles. The number of rotatable bonds is 4. The molecule has 2 amide bonds. The molecule has 2 heterocycles. The maximum atomic E-state index is 12.5. The smallest absolute Gasteiger partial charge is 0.308 e. The average molecular weight is 394 g/mol. The highest BCUT2D eigenvalue weighted by atomic mass is 16.2. The molecular formula is C21H26N6O2. The molecule has 1 aromatic carbocycles. The minimum absolute atomic E-state index is 0.0434. The van der Waals surface area contributed by atoms with Gasteiger partial charge in [-0.15, -0.1) is 0 Å². The van der Waals surface area contributed by atoms with E-state index in [4.69, 9.17) is 0 Å². The normalized spacial score (nSPS) is 11.3. The third-order valence-electron chi connectivity index (χ3n) is 4.43. The first kappa shape index (κ1) is 20.3. The summed E-state index contributed by atoms with van der Waals surface area (Å²) in [5, 5.41) is 9.91. The molecule has 0 aliphatic rings. The molecule has 0 bridgehead atoms. The lowest BCUT2D eigenvalue weighted by Crippen LogP contribution is -2.23. The zero-order chi connectivity index (χ0) is 21.2. The van der Waals surface area contributed by atoms with Crippen molar-refractivity contribution < 1.29 is 4.79 Å². The van der Waals surface area contributed by atoms with Crippen LogP contribution in [0.1, 0.15) is 44.6 Å². The number of hydrogen-bond donors (Lipinski definition) is 3. The van der Waals surface area contributed by atoms with Gasteiger partial charge in [0.2, 0.25) is 5.95 Å². The van der Waals surface area contributed by atoms with Crippen molar-refractivity contribution in [2.45, 2.75) is 46.5 Å². The van der Waals surface area contributed by atoms with Crippen LogP contribution in [0.4, 0.5) is 16.3 Å². The molecule has 8 heteroatoms. The molecule has 0 atom stereocenters. The highest BCUT2D eigenvalue weighted by molar-refractivity contribution is 5.99. The number of anilines is 2. The molecule has 3 aromatic rings. The van der Waals surface area contributed by atoms with Gasteiger partial charge in [0.05, 0.1) is 5.69 Å². The largest absolute Gasteiger partial charge is 0.324 e. The Labute approximate surface area is 169 Å². The summed E-state index contributed by atoms with van der Waals surface area (Å²) in [5.41, 5.74) is 2.96. The average Bonchev–Trinajstić information content (AvgIpc) is 3.00. The summed E-state index contributed by atoms with van der Waals surface area (Å²) in [5.74, 6) is 0.662. The lowest BCUT2D eigenvalue weighted by atomic mass is 9.87. The van der Waals surface area contributed by atoms with Gasteiger partial charge in [-0.1, -0.05) is 39.8 Å². The molecule has 0 saturated heterocycles. The highest BCUT2D eigenvalue weighted by Gasteiger charge is 2.15. The number of aryl methyl sites for hydroxylation is 2. The Hall–Kier alpha value is -3.42. The van der Waals surface area contributed by atoms with Gasteiger partial charge in [0.25, 0.3) is 5.56 Å². The van der Waals surface area contributed by atoms with Crippen LogP contribution in [0.2, 0.25) is 0 Å². The van der Waals surface area contributed by atoms with Gasteiger partial charge in [0.1, 0.15) is 5.82 Å². The SMILES string of the molecule is CCc1cc(=O)[nH]c(-n2nc(C)cc2NC(=O)Nc2ccc(C(C)(C)C)cc2)n1. The molecule has 0 fully saturated rings. The number of nitrogens with one attached hydrogen (secondary N) is 3. The number of nitrogens with zero attached hydrogens (tertiary/aromatic N) is 3. The Morgan fingerprint density at radius 2 is 1.83 bits per heavy atom. The van der Waals surface area contributed by atoms with Gasteiger partial charge in [-0.2, -0.15) is 9.78 Å². The second kappa shape index (κ2) is 7.90. The number of aromatic amines is 1. The topological polar surface area (TPSA) is 105 Å². The van der Waals surface area contributed by atoms with Gasteiger partial charge < -0.3 is 5.32 Å². The molecule has 3 N–H and O–H groups in total. The molecule has 3 rings (SSSR count). The molecule has 0 radical (unpaired) electrons. The molecule has 0 aliphatic carbocycles. The second-order valence-electron chi connectivity index (χ2n) is 7.90. The third kappa shape index (κ3) is 4.90. The van der Waals surface area contributed by atoms with Crippen LogP contribution < -0.4 is 16.2 Å². The fourth-order valence-electron chi connectivity index (χ4n) is 2.86. The Balaban J connectivity index is 1.80. The molecule has 0 spiro atoms. The van der Waals surface area contributed by atoms with Crippen molar-refractivity contribution in [3.63, 3.8) is 0 Å². The van der Waals surface area contributed by atoms with Crippen LogP contribution in [0.25, 0.3) is 5.95 Å². The van der Waals surface area contributed by atoms with Gasteiger partial charge in [-0.05, 0) is 36.5 Å². The summed E-state index contributed by atoms with van der Waals surface area (Å²) < 4.78 is 1.41. The van der Waals surface area contributed by atoms with E-state index in [1.165, 1.54) is 16.3 Å². The van der Waals surface area contributed by atoms with Gasteiger partial charge in [-0.3, -0.25) is 15.1 Å². The molecule has 0 saturated carbocycles. The van der Waals surface area contributed by atoms with E-state index in [0.29, 0.717) is 29.3 Å². The minimum Gasteiger partial charge on any atom is -0.308 e. The molecule has 29 heavy (non-hydrogen) atoms. The number of aromatic nitrogens is 4. The van der Waals surface area contributed by atoms with Crippen LogP contribution in [0.5, 0.6) is 0 Å². The first-order chi connectivity index (χ1) is 13.7. The van der Waals surface area contributed by atoms with E-state index in [1.54, 1.807) is 13.0 Å². The Bertz CT molecular complexity index is 1070. The highest BCUT2D eigenvalue weighted by Crippen LogP contribution is 2.23. The number of carbonyl (C=O) groups excluding carboxylic acids is 1. The number of urea groups is 1. The number of amides is 2. The number of benzene rings is 1. The predicted octanol–water partition coefficient (Wildman–Crippen LogP) is 3.77. The van der Waals surface area contributed by atoms with Crippen molar-refractivity contribution in [1.82, 2.24) is 19.7 Å². The van der Waals surface area contributed by atoms with E-state index in [1.807, 2.05) is 31.2 Å². The Morgan fingerprint density at radius 3 is 2.45 bits per heavy atom. The van der Waals surface area contributed by atoms with Crippen LogP contribution in [0.15, 0.2) is 41.2 Å². The van der Waals surface area contributed by atoms with Gasteiger partial charge in [0.15, 0.2) is 0 Å². The summed E-state index contributed by atoms with van der Waals surface area (Å²) in [6.45, 7) is 10.1. The molecule has 0 aliphatic heterocycles. The summed E-state index contributed by atoms with van der Waals surface area (Å²) in [7, 11) is 0. The fourth-order valence-corrected chi connectivity index (χ4v) is 2.86. The predicted molar refractivity (Wildman–Crippen MR) is 114 cm³/mol. The maximum absolute atomic E-state index is 12.5. The summed E-state index contributed by atoms with van der Waals surface area (Å²) in [6.07, 6.45) is 0.616. The van der Waals surface area contributed by atoms with Crippen LogP contribution in [-0.2, 0) is 11.8 Å². The second-order valence-corrected chi connectivity index (χ2v) is 7.90. The zero-order valence-corrected chi connectivity index (χ0v) is 17.3. The van der Waals surface area contributed by atoms with E-state index in [-0.39, 0.29) is 16.9 Å². The van der Waals surface area contributed by atoms with Crippen LogP contribution in [-0.4, -0.2) is 25.8 Å². The van der Waals surface area contributed by atoms with Crippen LogP contribution >= 0.6 is 0 Å². The van der Waals surface area contributed by atoms with E-state index in [2.05, 4.69) is 46.5 Å². The molecular weight excluding hydrogens is 368 g/mol. The Kier molecular flexibility index (Phi) is 5.54. The van der Waals surface area contributed by atoms with Crippen LogP contribution in [0.3, 0.4) is 0 Å². The zero-order valence-electron chi connectivity index (χ0n) is 17.3. The summed E-state index contributed by atoms with van der Waals surface area (Å²) >= 11 is 0. The number of hydrogen-bond acceptors (Lipinski definition) is 4. The van der Waals surface area contributed by atoms with Crippen molar-refractivity contribution in [2.24, 2.45) is 0 Å². The van der Waals surface area contributed by atoms with Crippen molar-refractivity contribution >= 4 is 17.5 Å². The van der Waals surface area contributed by atoms with E-state index < -0.39 is 6.03 Å². The lowest BCUT2D eigenvalue weighted by Gasteiger charge is -2.19. The van der Waals surface area contributed by atoms with Crippen molar-refractivity contribution in [3.8, 4) is 5.95 Å². The molecule has 0 unspecified atom stereocenters. The standard InChI is InChI=1S/C21H26N6O2/c1-6-15-12-18(28)25-19(22-15)27-17(11-13(2)26-27)24-20(29)23-16-9-7-14(8-10-16)21(3,4)5/h7-12H,6H2,1-5H3,(H,22,25,28)(H2,23,24,29). The minimum atomic E-state index is -0.413. The first-order valence-electron chi connectivity index (χ1n) is 9.51. The summed E-state index contributed by atoms with van der Waals surface area (Å²) in [6, 6.07) is 10.5. The van der Waals surface area contributed by atoms with Gasteiger partial charge in [-0.25, -0.2) is 9.78 Å². The maximum Gasteiger partial charge on any atom is 0.324 e. The Morgan fingerprint density at radius 1 is 1.14 bits per heavy atom. The third-order valence-corrected chi connectivity index (χ3v) is 4.43. The van der Waals surface area contributed by atoms with Crippen molar-refractivity contribution in [1.29, 1.82) is 0 Å². The van der Waals surface area contributed by atoms with Gasteiger partial charge in [0, 0.05) is 23.5 Å². The molecule has 8 nitrogen and oxygen atoms in total. The van der Waals surface area contributed by atoms with Crippen LogP contribution in [0, 0.1) is 6.92 Å². The quantitative estimate of drug-likeness (QED) is 0.626. The van der Waals surface area contributed by atoms with Gasteiger partial charge >= 0.3 is 6.03 Å². The van der Waals surface area contributed by atoms with E-state index >= 15 is 0 Å². The van der Waals surface area contributed by atoms with Crippen molar-refractivity contribution in [3.05, 3.63) is 63.7 Å². The lowest BCUT2D eigenvalue weighted by molar-refractivity contribution is 0.262. The van der Waals surface area contributed by atoms with E-state index in [0.717, 1.165) is 0 Å². The monoisotopic (exact) mass is 394 g/mol. The van der Waals surface area contributed by atoms with Crippen molar-refractivity contribution in [2.75, 3.05) is 10.6 Å². The number of carbonyl (C=O) groups is 1. The molecule has 152 valence electrons. The fraction of sp³-hybridized carbons (Fsp3) is 0.333. The first-order valence-corrected chi connectivity index (χ1v) is 9.51. The van der Waals surface area contributed by atoms with E-state index in [9.17, 15) is 9.59 Å².